The van der Waals surface area contributed by atoms with Gasteiger partial charge >= 0.3 is 5.69 Å². The number of nitro groups is 1. The number of morpholine rings is 1. The standard InChI is InChI=1S/C29H26N4O6S/c1-31-28(35)26(17-21-10-11-25(24(16-21)33(36)37)39-19-20-6-3-2-4-7-20)40-29(31)30-23-9-5-8-22(18-23)27(34)32-12-14-38-15-13-32/h2-11,16-18H,12-15,19H2,1H3/b26-17+,30-29?. The molecule has 0 spiro atoms. The Bertz CT molecular complexity index is 1500. The van der Waals surface area contributed by atoms with Gasteiger partial charge < -0.3 is 14.4 Å². The summed E-state index contributed by atoms with van der Waals surface area (Å²) in [6.45, 7) is 2.30. The molecule has 3 aromatic rings. The zero-order valence-electron chi connectivity index (χ0n) is 21.7. The third kappa shape index (κ3) is 6.22. The molecule has 3 aromatic carbocycles. The molecule has 5 rings (SSSR count). The van der Waals surface area contributed by atoms with Gasteiger partial charge in [-0.3, -0.25) is 24.6 Å². The molecule has 2 aliphatic rings. The van der Waals surface area contributed by atoms with Crippen LogP contribution in [0.1, 0.15) is 21.5 Å². The summed E-state index contributed by atoms with van der Waals surface area (Å²) < 4.78 is 11.0. The van der Waals surface area contributed by atoms with Crippen molar-refractivity contribution in [2.24, 2.45) is 4.99 Å². The first-order valence-corrected chi connectivity index (χ1v) is 13.4. The Morgan fingerprint density at radius 3 is 2.62 bits per heavy atom. The monoisotopic (exact) mass is 558 g/mol. The summed E-state index contributed by atoms with van der Waals surface area (Å²) in [4.78, 5) is 45.2. The first kappa shape index (κ1) is 27.1. The number of hydrogen-bond acceptors (Lipinski definition) is 8. The maximum atomic E-state index is 13.0. The maximum absolute atomic E-state index is 13.0. The van der Waals surface area contributed by atoms with Crippen molar-refractivity contribution in [2.75, 3.05) is 33.4 Å². The Kier molecular flexibility index (Phi) is 8.23. The molecule has 0 N–H and O–H groups in total. The number of ether oxygens (including phenoxy) is 2. The molecule has 0 unspecified atom stereocenters. The normalized spacial score (nSPS) is 17.5. The second-order valence-electron chi connectivity index (χ2n) is 9.08. The predicted octanol–water partition coefficient (Wildman–Crippen LogP) is 4.88. The van der Waals surface area contributed by atoms with E-state index in [1.54, 1.807) is 48.4 Å². The van der Waals surface area contributed by atoms with Crippen LogP contribution < -0.4 is 4.74 Å². The van der Waals surface area contributed by atoms with Gasteiger partial charge in [-0.2, -0.15) is 0 Å². The molecule has 2 aliphatic heterocycles. The number of amides is 2. The van der Waals surface area contributed by atoms with Crippen LogP contribution >= 0.6 is 11.8 Å². The van der Waals surface area contributed by atoms with E-state index in [9.17, 15) is 19.7 Å². The number of nitro benzene ring substituents is 1. The maximum Gasteiger partial charge on any atom is 0.311 e. The molecule has 0 aliphatic carbocycles. The number of nitrogens with zero attached hydrogens (tertiary/aromatic N) is 4. The topological polar surface area (TPSA) is 115 Å². The lowest BCUT2D eigenvalue weighted by Crippen LogP contribution is -2.40. The molecule has 2 fully saturated rings. The third-order valence-electron chi connectivity index (χ3n) is 6.33. The van der Waals surface area contributed by atoms with E-state index < -0.39 is 4.92 Å². The van der Waals surface area contributed by atoms with E-state index in [4.69, 9.17) is 9.47 Å². The predicted molar refractivity (Wildman–Crippen MR) is 152 cm³/mol. The summed E-state index contributed by atoms with van der Waals surface area (Å²) in [6.07, 6.45) is 1.60. The fourth-order valence-corrected chi connectivity index (χ4v) is 5.18. The molecule has 2 heterocycles. The van der Waals surface area contributed by atoms with Crippen LogP contribution in [0.25, 0.3) is 6.08 Å². The molecule has 40 heavy (non-hydrogen) atoms. The highest BCUT2D eigenvalue weighted by molar-refractivity contribution is 8.18. The second kappa shape index (κ2) is 12.1. The summed E-state index contributed by atoms with van der Waals surface area (Å²) in [5.41, 5.74) is 2.24. The first-order chi connectivity index (χ1) is 19.4. The first-order valence-electron chi connectivity index (χ1n) is 12.6. The largest absolute Gasteiger partial charge is 0.482 e. The molecule has 0 bridgehead atoms. The molecule has 0 aromatic heterocycles. The highest BCUT2D eigenvalue weighted by atomic mass is 32.2. The lowest BCUT2D eigenvalue weighted by Gasteiger charge is -2.26. The fraction of sp³-hybridized carbons (Fsp3) is 0.207. The van der Waals surface area contributed by atoms with Gasteiger partial charge in [0.05, 0.1) is 28.7 Å². The van der Waals surface area contributed by atoms with Gasteiger partial charge in [0.15, 0.2) is 10.9 Å². The minimum atomic E-state index is -0.504. The van der Waals surface area contributed by atoms with Crippen molar-refractivity contribution in [1.29, 1.82) is 0 Å². The molecule has 0 radical (unpaired) electrons. The van der Waals surface area contributed by atoms with Crippen LogP contribution in [0.15, 0.2) is 82.7 Å². The van der Waals surface area contributed by atoms with Gasteiger partial charge in [0.1, 0.15) is 6.61 Å². The van der Waals surface area contributed by atoms with Crippen molar-refractivity contribution < 1.29 is 24.0 Å². The Labute approximate surface area is 235 Å². The number of carbonyl (C=O) groups is 2. The van der Waals surface area contributed by atoms with E-state index in [2.05, 4.69) is 4.99 Å². The number of carbonyl (C=O) groups excluding carboxylic acids is 2. The van der Waals surface area contributed by atoms with Crippen LogP contribution in [0.5, 0.6) is 5.75 Å². The molecule has 0 saturated carbocycles. The summed E-state index contributed by atoms with van der Waals surface area (Å²) in [5.74, 6) is -0.226. The summed E-state index contributed by atoms with van der Waals surface area (Å²) in [5, 5.41) is 12.2. The Morgan fingerprint density at radius 1 is 1.10 bits per heavy atom. The smallest absolute Gasteiger partial charge is 0.311 e. The fourth-order valence-electron chi connectivity index (χ4n) is 4.20. The van der Waals surface area contributed by atoms with Crippen LogP contribution in [0.2, 0.25) is 0 Å². The molecule has 0 atom stereocenters. The molecule has 2 amide bonds. The second-order valence-corrected chi connectivity index (χ2v) is 10.1. The van der Waals surface area contributed by atoms with Crippen molar-refractivity contribution in [1.82, 2.24) is 9.80 Å². The minimum Gasteiger partial charge on any atom is -0.482 e. The number of hydrogen-bond donors (Lipinski definition) is 0. The van der Waals surface area contributed by atoms with E-state index in [0.29, 0.717) is 53.2 Å². The van der Waals surface area contributed by atoms with Crippen molar-refractivity contribution >= 4 is 46.2 Å². The van der Waals surface area contributed by atoms with E-state index in [-0.39, 0.29) is 29.9 Å². The van der Waals surface area contributed by atoms with Gasteiger partial charge in [0.2, 0.25) is 0 Å². The zero-order valence-corrected chi connectivity index (χ0v) is 22.5. The van der Waals surface area contributed by atoms with Crippen LogP contribution in [-0.2, 0) is 16.1 Å². The SMILES string of the molecule is CN1C(=O)/C(=C\c2ccc(OCc3ccccc3)c([N+](=O)[O-])c2)SC1=Nc1cccc(C(=O)N2CCOCC2)c1. The van der Waals surface area contributed by atoms with Gasteiger partial charge in [-0.25, -0.2) is 4.99 Å². The van der Waals surface area contributed by atoms with Crippen LogP contribution in [0.3, 0.4) is 0 Å². The quantitative estimate of drug-likeness (QED) is 0.231. The number of benzene rings is 3. The van der Waals surface area contributed by atoms with Gasteiger partial charge in [-0.1, -0.05) is 42.5 Å². The lowest BCUT2D eigenvalue weighted by molar-refractivity contribution is -0.386. The van der Waals surface area contributed by atoms with E-state index in [0.717, 1.165) is 17.3 Å². The summed E-state index contributed by atoms with van der Waals surface area (Å²) in [7, 11) is 1.61. The number of rotatable bonds is 7. The summed E-state index contributed by atoms with van der Waals surface area (Å²) >= 11 is 1.16. The molecule has 2 saturated heterocycles. The Hall–Kier alpha value is -4.48. The van der Waals surface area contributed by atoms with Crippen LogP contribution in [0.4, 0.5) is 11.4 Å². The van der Waals surface area contributed by atoms with E-state index in [1.807, 2.05) is 30.3 Å². The van der Waals surface area contributed by atoms with Crippen molar-refractivity contribution in [3.63, 3.8) is 0 Å². The van der Waals surface area contributed by atoms with Crippen molar-refractivity contribution in [3.8, 4) is 5.75 Å². The van der Waals surface area contributed by atoms with Gasteiger partial charge in [0.25, 0.3) is 11.8 Å². The van der Waals surface area contributed by atoms with Crippen LogP contribution in [-0.4, -0.2) is 65.1 Å². The molecule has 204 valence electrons. The number of aliphatic imine (C=N–C) groups is 1. The zero-order chi connectivity index (χ0) is 28.1. The highest BCUT2D eigenvalue weighted by Crippen LogP contribution is 2.35. The molecule has 11 heteroatoms. The average molecular weight is 559 g/mol. The van der Waals surface area contributed by atoms with Gasteiger partial charge in [-0.15, -0.1) is 0 Å². The summed E-state index contributed by atoms with van der Waals surface area (Å²) in [6, 6.07) is 20.9. The Morgan fingerprint density at radius 2 is 1.88 bits per heavy atom. The van der Waals surface area contributed by atoms with Crippen molar-refractivity contribution in [3.05, 3.63) is 105 Å². The van der Waals surface area contributed by atoms with Crippen molar-refractivity contribution in [2.45, 2.75) is 6.61 Å². The highest BCUT2D eigenvalue weighted by Gasteiger charge is 2.31. The molecule has 10 nitrogen and oxygen atoms in total. The number of likely N-dealkylation sites (N-methyl/N-ethyl adjacent to an activating group) is 1. The van der Waals surface area contributed by atoms with Gasteiger partial charge in [-0.05, 0) is 53.2 Å². The third-order valence-corrected chi connectivity index (χ3v) is 7.39. The molecular formula is C29H26N4O6S. The lowest BCUT2D eigenvalue weighted by atomic mass is 10.1. The van der Waals surface area contributed by atoms with E-state index in [1.165, 1.54) is 17.0 Å². The van der Waals surface area contributed by atoms with E-state index >= 15 is 0 Å². The van der Waals surface area contributed by atoms with Crippen LogP contribution in [0, 0.1) is 10.1 Å². The molecular weight excluding hydrogens is 532 g/mol. The number of amidine groups is 1. The number of thioether (sulfide) groups is 1. The Balaban J connectivity index is 1.33. The minimum absolute atomic E-state index is 0.0905. The average Bonchev–Trinajstić information content (AvgIpc) is 3.24. The van der Waals surface area contributed by atoms with Gasteiger partial charge in [0, 0.05) is 31.8 Å².